The number of amides is 3. The Labute approximate surface area is 186 Å². The number of likely N-dealkylation sites (tertiary alicyclic amines) is 1. The smallest absolute Gasteiger partial charge is 0.307 e. The van der Waals surface area contributed by atoms with Gasteiger partial charge in [0.05, 0.1) is 30.7 Å². The molecular formula is C25H24N2O5. The van der Waals surface area contributed by atoms with Gasteiger partial charge in [-0.05, 0) is 24.1 Å². The molecule has 0 bridgehead atoms. The van der Waals surface area contributed by atoms with Gasteiger partial charge in [0.2, 0.25) is 5.91 Å². The van der Waals surface area contributed by atoms with E-state index in [0.29, 0.717) is 17.5 Å². The number of β-lactam (4-membered cyclic amide) rings is 1. The van der Waals surface area contributed by atoms with E-state index in [1.54, 1.807) is 29.2 Å². The summed E-state index contributed by atoms with van der Waals surface area (Å²) in [6, 6.07) is 14.2. The van der Waals surface area contributed by atoms with Gasteiger partial charge in [0, 0.05) is 6.04 Å². The highest BCUT2D eigenvalue weighted by molar-refractivity contribution is 6.23. The van der Waals surface area contributed by atoms with Crippen molar-refractivity contribution in [2.24, 2.45) is 0 Å². The SMILES string of the molecule is CC[C@H](CC(=O)OC)N1C(=O)[C@@H](N2C(=O)c3ccccc3C2=O)[C@H]1C=Cc1ccccc1. The Kier molecular flexibility index (Phi) is 5.90. The van der Waals surface area contributed by atoms with Gasteiger partial charge in [-0.15, -0.1) is 0 Å². The first-order valence-electron chi connectivity index (χ1n) is 10.6. The Balaban J connectivity index is 1.68. The van der Waals surface area contributed by atoms with Crippen LogP contribution in [0.15, 0.2) is 60.7 Å². The summed E-state index contributed by atoms with van der Waals surface area (Å²) in [4.78, 5) is 53.9. The largest absolute Gasteiger partial charge is 0.469 e. The van der Waals surface area contributed by atoms with Gasteiger partial charge in [0.15, 0.2) is 0 Å². The number of benzene rings is 2. The van der Waals surface area contributed by atoms with Gasteiger partial charge in [0.1, 0.15) is 6.04 Å². The monoisotopic (exact) mass is 432 g/mol. The zero-order valence-electron chi connectivity index (χ0n) is 17.9. The predicted octanol–water partition coefficient (Wildman–Crippen LogP) is 2.92. The van der Waals surface area contributed by atoms with Crippen LogP contribution in [-0.2, 0) is 14.3 Å². The molecule has 1 saturated heterocycles. The molecule has 32 heavy (non-hydrogen) atoms. The Hall–Kier alpha value is -3.74. The predicted molar refractivity (Wildman–Crippen MR) is 118 cm³/mol. The third-order valence-corrected chi connectivity index (χ3v) is 6.04. The molecule has 0 spiro atoms. The molecule has 3 amide bonds. The average Bonchev–Trinajstić information content (AvgIpc) is 3.06. The summed E-state index contributed by atoms with van der Waals surface area (Å²) in [6.07, 6.45) is 4.26. The van der Waals surface area contributed by atoms with Gasteiger partial charge in [-0.1, -0.05) is 61.5 Å². The fraction of sp³-hybridized carbons (Fsp3) is 0.280. The summed E-state index contributed by atoms with van der Waals surface area (Å²) in [5, 5.41) is 0. The van der Waals surface area contributed by atoms with Crippen molar-refractivity contribution < 1.29 is 23.9 Å². The number of imide groups is 1. The molecule has 0 aliphatic carbocycles. The Morgan fingerprint density at radius 2 is 1.59 bits per heavy atom. The number of carbonyl (C=O) groups is 4. The summed E-state index contributed by atoms with van der Waals surface area (Å²) < 4.78 is 4.79. The minimum absolute atomic E-state index is 0.0449. The lowest BCUT2D eigenvalue weighted by molar-refractivity contribution is -0.159. The number of nitrogens with zero attached hydrogens (tertiary/aromatic N) is 2. The van der Waals surface area contributed by atoms with E-state index >= 15 is 0 Å². The minimum Gasteiger partial charge on any atom is -0.469 e. The second-order valence-corrected chi connectivity index (χ2v) is 7.82. The Morgan fingerprint density at radius 3 is 2.16 bits per heavy atom. The van der Waals surface area contributed by atoms with Crippen LogP contribution in [0.1, 0.15) is 46.0 Å². The number of rotatable bonds is 7. The molecule has 7 heteroatoms. The molecule has 164 valence electrons. The van der Waals surface area contributed by atoms with Crippen LogP contribution >= 0.6 is 0 Å². The lowest BCUT2D eigenvalue weighted by atomic mass is 9.88. The molecule has 0 saturated carbocycles. The highest BCUT2D eigenvalue weighted by Gasteiger charge is 2.56. The molecule has 2 aliphatic heterocycles. The number of hydrogen-bond donors (Lipinski definition) is 0. The van der Waals surface area contributed by atoms with Crippen LogP contribution < -0.4 is 0 Å². The van der Waals surface area contributed by atoms with Crippen molar-refractivity contribution in [1.82, 2.24) is 9.80 Å². The molecule has 0 N–H and O–H groups in total. The van der Waals surface area contributed by atoms with Gasteiger partial charge < -0.3 is 9.64 Å². The third kappa shape index (κ3) is 3.60. The van der Waals surface area contributed by atoms with Crippen molar-refractivity contribution in [2.75, 3.05) is 7.11 Å². The van der Waals surface area contributed by atoms with Gasteiger partial charge in [0.25, 0.3) is 11.8 Å². The van der Waals surface area contributed by atoms with Crippen LogP contribution in [0.2, 0.25) is 0 Å². The summed E-state index contributed by atoms with van der Waals surface area (Å²) in [7, 11) is 1.31. The van der Waals surface area contributed by atoms with E-state index in [1.165, 1.54) is 7.11 Å². The van der Waals surface area contributed by atoms with Crippen LogP contribution in [0.4, 0.5) is 0 Å². The van der Waals surface area contributed by atoms with E-state index in [2.05, 4.69) is 0 Å². The zero-order valence-corrected chi connectivity index (χ0v) is 17.9. The Bertz CT molecular complexity index is 1060. The molecule has 4 rings (SSSR count). The van der Waals surface area contributed by atoms with E-state index in [4.69, 9.17) is 4.74 Å². The van der Waals surface area contributed by atoms with Crippen molar-refractivity contribution in [3.05, 3.63) is 77.4 Å². The van der Waals surface area contributed by atoms with Gasteiger partial charge in [-0.25, -0.2) is 0 Å². The fourth-order valence-electron chi connectivity index (χ4n) is 4.35. The number of hydrogen-bond acceptors (Lipinski definition) is 5. The van der Waals surface area contributed by atoms with E-state index < -0.39 is 35.9 Å². The average molecular weight is 432 g/mol. The molecule has 2 aromatic rings. The lowest BCUT2D eigenvalue weighted by Crippen LogP contribution is -2.73. The van der Waals surface area contributed by atoms with Crippen molar-refractivity contribution in [1.29, 1.82) is 0 Å². The van der Waals surface area contributed by atoms with Crippen LogP contribution in [0.25, 0.3) is 6.08 Å². The van der Waals surface area contributed by atoms with E-state index in [1.807, 2.05) is 49.4 Å². The second kappa shape index (κ2) is 8.78. The summed E-state index contributed by atoms with van der Waals surface area (Å²) in [5.74, 6) is -1.71. The number of ether oxygens (including phenoxy) is 1. The standard InChI is InChI=1S/C25H24N2O5/c1-3-17(15-21(28)32-2)26-20(14-13-16-9-5-4-6-10-16)22(25(26)31)27-23(29)18-11-7-8-12-19(18)24(27)30/h4-14,17,20,22H,3,15H2,1-2H3/t17-,20-,22+/m1/s1. The molecule has 2 aromatic carbocycles. The van der Waals surface area contributed by atoms with Crippen molar-refractivity contribution >= 4 is 29.8 Å². The van der Waals surface area contributed by atoms with Gasteiger partial charge in [-0.3, -0.25) is 24.1 Å². The fourth-order valence-corrected chi connectivity index (χ4v) is 4.35. The highest BCUT2D eigenvalue weighted by atomic mass is 16.5. The lowest BCUT2D eigenvalue weighted by Gasteiger charge is -2.51. The first-order chi connectivity index (χ1) is 15.5. The van der Waals surface area contributed by atoms with Crippen molar-refractivity contribution in [3.8, 4) is 0 Å². The molecular weight excluding hydrogens is 408 g/mol. The van der Waals surface area contributed by atoms with Crippen LogP contribution in [0.3, 0.4) is 0 Å². The third-order valence-electron chi connectivity index (χ3n) is 6.04. The molecule has 3 atom stereocenters. The number of methoxy groups -OCH3 is 1. The number of carbonyl (C=O) groups excluding carboxylic acids is 4. The van der Waals surface area contributed by atoms with Crippen LogP contribution in [-0.4, -0.2) is 58.7 Å². The van der Waals surface area contributed by atoms with Gasteiger partial charge >= 0.3 is 5.97 Å². The Morgan fingerprint density at radius 1 is 1.00 bits per heavy atom. The van der Waals surface area contributed by atoms with E-state index in [-0.39, 0.29) is 12.3 Å². The molecule has 1 fully saturated rings. The molecule has 2 aliphatic rings. The first-order valence-corrected chi connectivity index (χ1v) is 10.6. The van der Waals surface area contributed by atoms with E-state index in [0.717, 1.165) is 10.5 Å². The maximum atomic E-state index is 13.3. The maximum Gasteiger partial charge on any atom is 0.307 e. The van der Waals surface area contributed by atoms with Gasteiger partial charge in [-0.2, -0.15) is 0 Å². The molecule has 0 aromatic heterocycles. The topological polar surface area (TPSA) is 84.0 Å². The molecule has 7 nitrogen and oxygen atoms in total. The number of fused-ring (bicyclic) bond motifs is 1. The minimum atomic E-state index is -0.950. The second-order valence-electron chi connectivity index (χ2n) is 7.82. The summed E-state index contributed by atoms with van der Waals surface area (Å²) in [6.45, 7) is 1.88. The first kappa shape index (κ1) is 21.5. The van der Waals surface area contributed by atoms with Crippen molar-refractivity contribution in [3.63, 3.8) is 0 Å². The van der Waals surface area contributed by atoms with Crippen molar-refractivity contribution in [2.45, 2.75) is 37.9 Å². The van der Waals surface area contributed by atoms with Crippen LogP contribution in [0, 0.1) is 0 Å². The molecule has 0 radical (unpaired) electrons. The zero-order chi connectivity index (χ0) is 22.8. The maximum absolute atomic E-state index is 13.3. The summed E-state index contributed by atoms with van der Waals surface area (Å²) in [5.41, 5.74) is 1.53. The summed E-state index contributed by atoms with van der Waals surface area (Å²) >= 11 is 0. The highest BCUT2D eigenvalue weighted by Crippen LogP contribution is 2.36. The van der Waals surface area contributed by atoms with Crippen LogP contribution in [0.5, 0.6) is 0 Å². The number of esters is 1. The normalized spacial score (nSPS) is 21.0. The molecule has 2 heterocycles. The van der Waals surface area contributed by atoms with E-state index in [9.17, 15) is 19.2 Å². The molecule has 0 unspecified atom stereocenters. The quantitative estimate of drug-likeness (QED) is 0.382.